The Hall–Kier alpha value is -1.32. The Labute approximate surface area is 109 Å². The van der Waals surface area contributed by atoms with Gasteiger partial charge in [-0.1, -0.05) is 29.8 Å². The van der Waals surface area contributed by atoms with Crippen LogP contribution in [0.4, 0.5) is 5.69 Å². The van der Waals surface area contributed by atoms with Crippen molar-refractivity contribution in [2.24, 2.45) is 0 Å². The Balaban J connectivity index is 2.01. The SMILES string of the molecule is Cc1ccccc1NC(=O)Cc1ccc(Cl)s1. The van der Waals surface area contributed by atoms with Gasteiger partial charge in [0, 0.05) is 10.6 Å². The van der Waals surface area contributed by atoms with E-state index in [-0.39, 0.29) is 5.91 Å². The number of aryl methyl sites for hydroxylation is 1. The maximum atomic E-state index is 11.8. The highest BCUT2D eigenvalue weighted by Gasteiger charge is 2.07. The van der Waals surface area contributed by atoms with Crippen LogP contribution in [0.5, 0.6) is 0 Å². The van der Waals surface area contributed by atoms with Crippen LogP contribution in [-0.4, -0.2) is 5.91 Å². The van der Waals surface area contributed by atoms with Crippen LogP contribution in [0.3, 0.4) is 0 Å². The van der Waals surface area contributed by atoms with Gasteiger partial charge in [-0.05, 0) is 30.7 Å². The predicted octanol–water partition coefficient (Wildman–Crippen LogP) is 3.89. The smallest absolute Gasteiger partial charge is 0.229 e. The molecule has 2 rings (SSSR count). The lowest BCUT2D eigenvalue weighted by molar-refractivity contribution is -0.115. The van der Waals surface area contributed by atoms with E-state index in [1.807, 2.05) is 43.3 Å². The minimum Gasteiger partial charge on any atom is -0.326 e. The summed E-state index contributed by atoms with van der Waals surface area (Å²) in [5, 5.41) is 2.89. The van der Waals surface area contributed by atoms with Crippen LogP contribution in [0, 0.1) is 6.92 Å². The van der Waals surface area contributed by atoms with E-state index < -0.39 is 0 Å². The van der Waals surface area contributed by atoms with Crippen molar-refractivity contribution < 1.29 is 4.79 Å². The number of benzene rings is 1. The summed E-state index contributed by atoms with van der Waals surface area (Å²) in [5.74, 6) is -0.0159. The van der Waals surface area contributed by atoms with Gasteiger partial charge in [-0.15, -0.1) is 11.3 Å². The molecule has 1 aromatic heterocycles. The molecule has 17 heavy (non-hydrogen) atoms. The third-order valence-corrected chi connectivity index (χ3v) is 3.61. The second-order valence-corrected chi connectivity index (χ2v) is 5.55. The van der Waals surface area contributed by atoms with Crippen LogP contribution in [0.1, 0.15) is 10.4 Å². The van der Waals surface area contributed by atoms with Crippen molar-refractivity contribution >= 4 is 34.5 Å². The molecule has 0 aliphatic rings. The fourth-order valence-corrected chi connectivity index (χ4v) is 2.60. The molecule has 0 aliphatic carbocycles. The maximum Gasteiger partial charge on any atom is 0.229 e. The van der Waals surface area contributed by atoms with E-state index in [4.69, 9.17) is 11.6 Å². The van der Waals surface area contributed by atoms with Gasteiger partial charge in [0.15, 0.2) is 0 Å². The van der Waals surface area contributed by atoms with Crippen LogP contribution in [0.25, 0.3) is 0 Å². The minimum atomic E-state index is -0.0159. The molecule has 2 nitrogen and oxygen atoms in total. The number of hydrogen-bond acceptors (Lipinski definition) is 2. The average molecular weight is 266 g/mol. The highest BCUT2D eigenvalue weighted by molar-refractivity contribution is 7.16. The first-order valence-electron chi connectivity index (χ1n) is 5.25. The number of hydrogen-bond donors (Lipinski definition) is 1. The van der Waals surface area contributed by atoms with Crippen molar-refractivity contribution in [3.63, 3.8) is 0 Å². The largest absolute Gasteiger partial charge is 0.326 e. The lowest BCUT2D eigenvalue weighted by Crippen LogP contribution is -2.14. The Morgan fingerprint density at radius 1 is 1.29 bits per heavy atom. The van der Waals surface area contributed by atoms with Crippen LogP contribution in [0.15, 0.2) is 36.4 Å². The average Bonchev–Trinajstić information content (AvgIpc) is 2.67. The third kappa shape index (κ3) is 3.32. The molecule has 0 saturated heterocycles. The zero-order valence-corrected chi connectivity index (χ0v) is 10.9. The van der Waals surface area contributed by atoms with Gasteiger partial charge in [-0.3, -0.25) is 4.79 Å². The van der Waals surface area contributed by atoms with Gasteiger partial charge in [0.25, 0.3) is 0 Å². The number of carbonyl (C=O) groups excluding carboxylic acids is 1. The summed E-state index contributed by atoms with van der Waals surface area (Å²) < 4.78 is 0.712. The molecule has 2 aromatic rings. The lowest BCUT2D eigenvalue weighted by atomic mass is 10.2. The lowest BCUT2D eigenvalue weighted by Gasteiger charge is -2.06. The summed E-state index contributed by atoms with van der Waals surface area (Å²) in [4.78, 5) is 12.8. The molecule has 1 aromatic carbocycles. The second kappa shape index (κ2) is 5.34. The molecule has 1 heterocycles. The van der Waals surface area contributed by atoms with Gasteiger partial charge < -0.3 is 5.32 Å². The first-order valence-corrected chi connectivity index (χ1v) is 6.44. The quantitative estimate of drug-likeness (QED) is 0.896. The van der Waals surface area contributed by atoms with Gasteiger partial charge in [0.05, 0.1) is 10.8 Å². The molecule has 1 N–H and O–H groups in total. The van der Waals surface area contributed by atoms with Crippen LogP contribution >= 0.6 is 22.9 Å². The maximum absolute atomic E-state index is 11.8. The topological polar surface area (TPSA) is 29.1 Å². The number of thiophene rings is 1. The molecule has 0 fully saturated rings. The molecule has 0 unspecified atom stereocenters. The standard InChI is InChI=1S/C13H12ClNOS/c1-9-4-2-3-5-11(9)15-13(16)8-10-6-7-12(14)17-10/h2-7H,8H2,1H3,(H,15,16). The Morgan fingerprint density at radius 2 is 2.06 bits per heavy atom. The molecule has 0 aliphatic heterocycles. The fraction of sp³-hybridized carbons (Fsp3) is 0.154. The normalized spacial score (nSPS) is 10.2. The van der Waals surface area contributed by atoms with Crippen LogP contribution < -0.4 is 5.32 Å². The molecule has 0 bridgehead atoms. The van der Waals surface area contributed by atoms with E-state index in [1.54, 1.807) is 0 Å². The molecular formula is C13H12ClNOS. The third-order valence-electron chi connectivity index (χ3n) is 2.38. The monoisotopic (exact) mass is 265 g/mol. The number of carbonyl (C=O) groups is 1. The van der Waals surface area contributed by atoms with Crippen molar-refractivity contribution in [3.8, 4) is 0 Å². The molecule has 4 heteroatoms. The van der Waals surface area contributed by atoms with E-state index in [0.717, 1.165) is 16.1 Å². The predicted molar refractivity (Wildman–Crippen MR) is 72.8 cm³/mol. The Kier molecular flexibility index (Phi) is 3.82. The summed E-state index contributed by atoms with van der Waals surface area (Å²) in [6, 6.07) is 11.4. The highest BCUT2D eigenvalue weighted by Crippen LogP contribution is 2.22. The summed E-state index contributed by atoms with van der Waals surface area (Å²) in [6.45, 7) is 1.97. The van der Waals surface area contributed by atoms with Gasteiger partial charge >= 0.3 is 0 Å². The van der Waals surface area contributed by atoms with Crippen LogP contribution in [-0.2, 0) is 11.2 Å². The number of rotatable bonds is 3. The van der Waals surface area contributed by atoms with Crippen molar-refractivity contribution in [1.82, 2.24) is 0 Å². The number of halogens is 1. The zero-order chi connectivity index (χ0) is 12.3. The molecule has 0 saturated carbocycles. The van der Waals surface area contributed by atoms with Gasteiger partial charge in [-0.25, -0.2) is 0 Å². The number of amides is 1. The van der Waals surface area contributed by atoms with Gasteiger partial charge in [-0.2, -0.15) is 0 Å². The Bertz CT molecular complexity index is 536. The van der Waals surface area contributed by atoms with E-state index in [2.05, 4.69) is 5.32 Å². The molecule has 0 spiro atoms. The summed E-state index contributed by atoms with van der Waals surface area (Å²) in [5.41, 5.74) is 1.92. The van der Waals surface area contributed by atoms with Crippen molar-refractivity contribution in [1.29, 1.82) is 0 Å². The van der Waals surface area contributed by atoms with Crippen molar-refractivity contribution in [2.45, 2.75) is 13.3 Å². The van der Waals surface area contributed by atoms with E-state index >= 15 is 0 Å². The van der Waals surface area contributed by atoms with Crippen LogP contribution in [0.2, 0.25) is 4.34 Å². The van der Waals surface area contributed by atoms with E-state index in [1.165, 1.54) is 11.3 Å². The van der Waals surface area contributed by atoms with Gasteiger partial charge in [0.1, 0.15) is 0 Å². The highest BCUT2D eigenvalue weighted by atomic mass is 35.5. The number of nitrogens with one attached hydrogen (secondary N) is 1. The number of anilines is 1. The second-order valence-electron chi connectivity index (χ2n) is 3.75. The molecule has 0 radical (unpaired) electrons. The summed E-state index contributed by atoms with van der Waals surface area (Å²) in [7, 11) is 0. The molecule has 0 atom stereocenters. The summed E-state index contributed by atoms with van der Waals surface area (Å²) >= 11 is 7.25. The van der Waals surface area contributed by atoms with Crippen molar-refractivity contribution in [3.05, 3.63) is 51.2 Å². The fourth-order valence-electron chi connectivity index (χ4n) is 1.51. The van der Waals surface area contributed by atoms with E-state index in [9.17, 15) is 4.79 Å². The van der Waals surface area contributed by atoms with Crippen molar-refractivity contribution in [2.75, 3.05) is 5.32 Å². The van der Waals surface area contributed by atoms with Gasteiger partial charge in [0.2, 0.25) is 5.91 Å². The Morgan fingerprint density at radius 3 is 2.71 bits per heavy atom. The first kappa shape index (κ1) is 12.1. The minimum absolute atomic E-state index is 0.0159. The molecular weight excluding hydrogens is 254 g/mol. The van der Waals surface area contributed by atoms with E-state index in [0.29, 0.717) is 10.8 Å². The zero-order valence-electron chi connectivity index (χ0n) is 9.37. The number of para-hydroxylation sites is 1. The molecule has 88 valence electrons. The first-order chi connectivity index (χ1) is 8.15. The molecule has 1 amide bonds. The summed E-state index contributed by atoms with van der Waals surface area (Å²) in [6.07, 6.45) is 0.367.